The normalized spacial score (nSPS) is 14.8. The van der Waals surface area contributed by atoms with Crippen molar-refractivity contribution in [3.8, 4) is 11.3 Å². The average molecular weight is 360 g/mol. The number of rotatable bonds is 8. The van der Waals surface area contributed by atoms with Gasteiger partial charge in [-0.15, -0.1) is 0 Å². The molecule has 25 heavy (non-hydrogen) atoms. The maximum Gasteiger partial charge on any atom is 0.232 e. The first-order valence-electron chi connectivity index (χ1n) is 8.62. The van der Waals surface area contributed by atoms with Crippen molar-refractivity contribution in [2.75, 3.05) is 38.2 Å². The second-order valence-corrected chi connectivity index (χ2v) is 7.38. The molecule has 134 valence electrons. The van der Waals surface area contributed by atoms with E-state index in [4.69, 9.17) is 4.52 Å². The van der Waals surface area contributed by atoms with Crippen LogP contribution in [0, 0.1) is 0 Å². The summed E-state index contributed by atoms with van der Waals surface area (Å²) in [7, 11) is 1.80. The van der Waals surface area contributed by atoms with E-state index in [-0.39, 0.29) is 5.91 Å². The Hall–Kier alpha value is -1.86. The standard InChI is InChI=1S/C18H24N4O2S/c1-21(18(23)14-25-10-9-22-7-2-3-8-22)13-16-11-17(20-24-16)15-5-4-6-19-12-15/h4-6,11-12H,2-3,7-10,13-14H2,1H3. The Labute approximate surface area is 152 Å². The minimum Gasteiger partial charge on any atom is -0.359 e. The minimum absolute atomic E-state index is 0.116. The molecular weight excluding hydrogens is 336 g/mol. The first-order chi connectivity index (χ1) is 12.2. The smallest absolute Gasteiger partial charge is 0.232 e. The minimum atomic E-state index is 0.116. The van der Waals surface area contributed by atoms with Gasteiger partial charge in [0.15, 0.2) is 5.76 Å². The number of likely N-dealkylation sites (tertiary alicyclic amines) is 1. The Balaban J connectivity index is 1.41. The van der Waals surface area contributed by atoms with Crippen molar-refractivity contribution in [3.63, 3.8) is 0 Å². The number of amides is 1. The van der Waals surface area contributed by atoms with E-state index in [0.717, 1.165) is 23.6 Å². The lowest BCUT2D eigenvalue weighted by Crippen LogP contribution is -2.28. The number of thioether (sulfide) groups is 1. The quantitative estimate of drug-likeness (QED) is 0.674. The molecule has 0 spiro atoms. The van der Waals surface area contributed by atoms with Crippen LogP contribution < -0.4 is 0 Å². The summed E-state index contributed by atoms with van der Waals surface area (Å²) < 4.78 is 5.35. The van der Waals surface area contributed by atoms with Crippen LogP contribution in [0.15, 0.2) is 35.1 Å². The zero-order valence-corrected chi connectivity index (χ0v) is 15.4. The Morgan fingerprint density at radius 1 is 1.40 bits per heavy atom. The van der Waals surface area contributed by atoms with Gasteiger partial charge in [-0.05, 0) is 38.1 Å². The first kappa shape index (κ1) is 17.9. The molecule has 0 radical (unpaired) electrons. The van der Waals surface area contributed by atoms with Crippen molar-refractivity contribution in [1.29, 1.82) is 0 Å². The van der Waals surface area contributed by atoms with E-state index in [9.17, 15) is 4.79 Å². The summed E-state index contributed by atoms with van der Waals surface area (Å²) in [4.78, 5) is 20.5. The summed E-state index contributed by atoms with van der Waals surface area (Å²) in [6.07, 6.45) is 6.08. The largest absolute Gasteiger partial charge is 0.359 e. The molecule has 0 saturated carbocycles. The number of carbonyl (C=O) groups is 1. The zero-order valence-electron chi connectivity index (χ0n) is 14.6. The maximum absolute atomic E-state index is 12.2. The van der Waals surface area contributed by atoms with Gasteiger partial charge in [-0.2, -0.15) is 11.8 Å². The van der Waals surface area contributed by atoms with Gasteiger partial charge in [0.1, 0.15) is 5.69 Å². The van der Waals surface area contributed by atoms with E-state index >= 15 is 0 Å². The lowest BCUT2D eigenvalue weighted by molar-refractivity contribution is -0.127. The molecule has 3 heterocycles. The molecule has 2 aromatic heterocycles. The lowest BCUT2D eigenvalue weighted by atomic mass is 10.2. The van der Waals surface area contributed by atoms with Crippen LogP contribution >= 0.6 is 11.8 Å². The third kappa shape index (κ3) is 5.31. The summed E-state index contributed by atoms with van der Waals surface area (Å²) in [6.45, 7) is 3.93. The maximum atomic E-state index is 12.2. The van der Waals surface area contributed by atoms with Crippen LogP contribution in [0.4, 0.5) is 0 Å². The predicted molar refractivity (Wildman–Crippen MR) is 99.2 cm³/mol. The zero-order chi connectivity index (χ0) is 17.5. The van der Waals surface area contributed by atoms with Crippen LogP contribution in [0.2, 0.25) is 0 Å². The van der Waals surface area contributed by atoms with Crippen molar-refractivity contribution < 1.29 is 9.32 Å². The summed E-state index contributed by atoms with van der Waals surface area (Å²) in [5, 5.41) is 4.05. The van der Waals surface area contributed by atoms with Gasteiger partial charge in [0.2, 0.25) is 5.91 Å². The number of pyridine rings is 1. The van der Waals surface area contributed by atoms with E-state index < -0.39 is 0 Å². The van der Waals surface area contributed by atoms with E-state index in [2.05, 4.69) is 15.0 Å². The van der Waals surface area contributed by atoms with Crippen LogP contribution in [0.5, 0.6) is 0 Å². The Bertz CT molecular complexity index is 671. The van der Waals surface area contributed by atoms with Gasteiger partial charge in [-0.25, -0.2) is 0 Å². The fourth-order valence-electron chi connectivity index (χ4n) is 2.83. The van der Waals surface area contributed by atoms with Gasteiger partial charge in [0.25, 0.3) is 0 Å². The van der Waals surface area contributed by atoms with Crippen LogP contribution in [0.25, 0.3) is 11.3 Å². The fourth-order valence-corrected chi connectivity index (χ4v) is 3.76. The Morgan fingerprint density at radius 2 is 2.24 bits per heavy atom. The fraction of sp³-hybridized carbons (Fsp3) is 0.500. The number of carbonyl (C=O) groups excluding carboxylic acids is 1. The van der Waals surface area contributed by atoms with Crippen molar-refractivity contribution in [1.82, 2.24) is 19.9 Å². The number of hydrogen-bond acceptors (Lipinski definition) is 6. The summed E-state index contributed by atoms with van der Waals surface area (Å²) >= 11 is 1.70. The van der Waals surface area contributed by atoms with Crippen LogP contribution in [-0.2, 0) is 11.3 Å². The first-order valence-corrected chi connectivity index (χ1v) is 9.78. The molecule has 6 nitrogen and oxygen atoms in total. The van der Waals surface area contributed by atoms with E-state index in [0.29, 0.717) is 18.1 Å². The summed E-state index contributed by atoms with van der Waals surface area (Å²) in [5.41, 5.74) is 1.65. The molecule has 1 saturated heterocycles. The highest BCUT2D eigenvalue weighted by Crippen LogP contribution is 2.18. The van der Waals surface area contributed by atoms with Crippen LogP contribution in [0.3, 0.4) is 0 Å². The van der Waals surface area contributed by atoms with E-state index in [1.54, 1.807) is 36.1 Å². The molecular formula is C18H24N4O2S. The SMILES string of the molecule is CN(Cc1cc(-c2cccnc2)no1)C(=O)CSCCN1CCCC1. The predicted octanol–water partition coefficient (Wildman–Crippen LogP) is 2.52. The van der Waals surface area contributed by atoms with Crippen molar-refractivity contribution >= 4 is 17.7 Å². The van der Waals surface area contributed by atoms with Crippen molar-refractivity contribution in [2.45, 2.75) is 19.4 Å². The number of aromatic nitrogens is 2. The Morgan fingerprint density at radius 3 is 3.00 bits per heavy atom. The molecule has 1 amide bonds. The molecule has 7 heteroatoms. The van der Waals surface area contributed by atoms with Gasteiger partial charge in [-0.3, -0.25) is 9.78 Å². The van der Waals surface area contributed by atoms with Gasteiger partial charge in [-0.1, -0.05) is 5.16 Å². The third-order valence-electron chi connectivity index (χ3n) is 4.31. The molecule has 3 rings (SSSR count). The molecule has 0 N–H and O–H groups in total. The molecule has 1 fully saturated rings. The molecule has 0 atom stereocenters. The molecule has 0 bridgehead atoms. The van der Waals surface area contributed by atoms with Gasteiger partial charge in [0.05, 0.1) is 12.3 Å². The summed E-state index contributed by atoms with van der Waals surface area (Å²) in [6, 6.07) is 5.65. The van der Waals surface area contributed by atoms with Gasteiger partial charge in [0, 0.05) is 43.4 Å². The van der Waals surface area contributed by atoms with Crippen LogP contribution in [-0.4, -0.2) is 64.0 Å². The van der Waals surface area contributed by atoms with Crippen molar-refractivity contribution in [2.24, 2.45) is 0 Å². The Kier molecular flexibility index (Phi) is 6.47. The molecule has 0 aliphatic carbocycles. The second-order valence-electron chi connectivity index (χ2n) is 6.27. The average Bonchev–Trinajstić information content (AvgIpc) is 3.31. The highest BCUT2D eigenvalue weighted by molar-refractivity contribution is 7.99. The molecule has 2 aromatic rings. The lowest BCUT2D eigenvalue weighted by Gasteiger charge is -2.16. The number of nitrogens with zero attached hydrogens (tertiary/aromatic N) is 4. The monoisotopic (exact) mass is 360 g/mol. The third-order valence-corrected chi connectivity index (χ3v) is 5.23. The van der Waals surface area contributed by atoms with E-state index in [1.807, 2.05) is 18.2 Å². The van der Waals surface area contributed by atoms with Gasteiger partial charge < -0.3 is 14.3 Å². The second kappa shape index (κ2) is 9.01. The number of hydrogen-bond donors (Lipinski definition) is 0. The van der Waals surface area contributed by atoms with E-state index in [1.165, 1.54) is 25.9 Å². The topological polar surface area (TPSA) is 62.5 Å². The highest BCUT2D eigenvalue weighted by Gasteiger charge is 2.14. The molecule has 0 unspecified atom stereocenters. The molecule has 1 aliphatic rings. The molecule has 0 aromatic carbocycles. The highest BCUT2D eigenvalue weighted by atomic mass is 32.2. The van der Waals surface area contributed by atoms with Crippen LogP contribution in [0.1, 0.15) is 18.6 Å². The molecule has 1 aliphatic heterocycles. The summed E-state index contributed by atoms with van der Waals surface area (Å²) in [5.74, 6) is 2.31. The van der Waals surface area contributed by atoms with Gasteiger partial charge >= 0.3 is 0 Å². The van der Waals surface area contributed by atoms with Crippen molar-refractivity contribution in [3.05, 3.63) is 36.4 Å².